The van der Waals surface area contributed by atoms with Gasteiger partial charge in [-0.2, -0.15) is 4.98 Å². The molecule has 0 amide bonds. The predicted octanol–water partition coefficient (Wildman–Crippen LogP) is 1.82. The van der Waals surface area contributed by atoms with E-state index in [9.17, 15) is 0 Å². The summed E-state index contributed by atoms with van der Waals surface area (Å²) in [5, 5.41) is 3.87. The van der Waals surface area contributed by atoms with Crippen molar-refractivity contribution in [2.24, 2.45) is 0 Å². The highest BCUT2D eigenvalue weighted by atomic mass is 32.2. The van der Waals surface area contributed by atoms with Crippen LogP contribution in [-0.2, 0) is 0 Å². The summed E-state index contributed by atoms with van der Waals surface area (Å²) in [6.07, 6.45) is 1.95. The van der Waals surface area contributed by atoms with Gasteiger partial charge in [-0.15, -0.1) is 0 Å². The smallest absolute Gasteiger partial charge is 0.252 e. The number of rotatable bonds is 1. The summed E-state index contributed by atoms with van der Waals surface area (Å²) < 4.78 is 2.41. The van der Waals surface area contributed by atoms with Gasteiger partial charge in [-0.05, 0) is 19.2 Å². The van der Waals surface area contributed by atoms with Crippen molar-refractivity contribution in [1.82, 2.24) is 19.6 Å². The molecule has 2 heterocycles. The molecule has 0 saturated carbocycles. The molecule has 0 aliphatic rings. The highest BCUT2D eigenvalue weighted by Gasteiger charge is 2.02. The van der Waals surface area contributed by atoms with Crippen molar-refractivity contribution in [2.75, 3.05) is 6.26 Å². The fraction of sp³-hybridized carbons (Fsp3) is 0.286. The van der Waals surface area contributed by atoms with Crippen LogP contribution in [0.5, 0.6) is 0 Å². The van der Waals surface area contributed by atoms with Crippen LogP contribution >= 0.6 is 24.0 Å². The first kappa shape index (κ1) is 8.71. The van der Waals surface area contributed by atoms with E-state index in [0.717, 1.165) is 10.9 Å². The molecule has 0 bridgehead atoms. The molecule has 2 aromatic heterocycles. The second kappa shape index (κ2) is 3.12. The molecule has 0 spiro atoms. The Hall–Kier alpha value is -0.880. The summed E-state index contributed by atoms with van der Waals surface area (Å²) in [7, 11) is 0. The fourth-order valence-electron chi connectivity index (χ4n) is 1.06. The number of fused-ring (bicyclic) bond motifs is 1. The van der Waals surface area contributed by atoms with E-state index in [1.54, 1.807) is 4.52 Å². The summed E-state index contributed by atoms with van der Waals surface area (Å²) in [5.41, 5.74) is 0.893. The molecule has 0 aromatic carbocycles. The molecule has 1 N–H and O–H groups in total. The number of aryl methyl sites for hydroxylation is 1. The van der Waals surface area contributed by atoms with E-state index in [0.29, 0.717) is 10.4 Å². The molecule has 0 unspecified atom stereocenters. The maximum absolute atomic E-state index is 5.14. The minimum atomic E-state index is 0.634. The van der Waals surface area contributed by atoms with Crippen molar-refractivity contribution in [2.45, 2.75) is 12.1 Å². The molecule has 6 heteroatoms. The third-order valence-corrected chi connectivity index (χ3v) is 2.50. The normalized spacial score (nSPS) is 10.9. The van der Waals surface area contributed by atoms with Crippen molar-refractivity contribution < 1.29 is 0 Å². The molecule has 68 valence electrons. The highest BCUT2D eigenvalue weighted by molar-refractivity contribution is 7.98. The van der Waals surface area contributed by atoms with Crippen LogP contribution in [0.15, 0.2) is 11.2 Å². The molecule has 0 fully saturated rings. The van der Waals surface area contributed by atoms with Crippen LogP contribution in [0.2, 0.25) is 0 Å². The molecule has 0 saturated heterocycles. The minimum absolute atomic E-state index is 0.634. The molecule has 2 aromatic rings. The van der Waals surface area contributed by atoms with Gasteiger partial charge < -0.3 is 0 Å². The first-order chi connectivity index (χ1) is 6.20. The number of hydrogen-bond acceptors (Lipinski definition) is 4. The number of aromatic amines is 1. The average molecular weight is 212 g/mol. The van der Waals surface area contributed by atoms with Gasteiger partial charge in [-0.1, -0.05) is 24.0 Å². The van der Waals surface area contributed by atoms with Gasteiger partial charge in [0.05, 0.1) is 0 Å². The Morgan fingerprint density at radius 3 is 3.00 bits per heavy atom. The second-order valence-electron chi connectivity index (χ2n) is 2.60. The lowest BCUT2D eigenvalue weighted by molar-refractivity contribution is 0.865. The van der Waals surface area contributed by atoms with Crippen molar-refractivity contribution >= 4 is 29.8 Å². The Bertz CT molecular complexity index is 499. The van der Waals surface area contributed by atoms with Crippen molar-refractivity contribution in [3.05, 3.63) is 16.4 Å². The molecule has 0 aliphatic heterocycles. The minimum Gasteiger partial charge on any atom is -0.268 e. The van der Waals surface area contributed by atoms with E-state index in [4.69, 9.17) is 12.2 Å². The van der Waals surface area contributed by atoms with Crippen molar-refractivity contribution in [1.29, 1.82) is 0 Å². The Morgan fingerprint density at radius 2 is 2.31 bits per heavy atom. The summed E-state index contributed by atoms with van der Waals surface area (Å²) in [6.45, 7) is 1.91. The lowest BCUT2D eigenvalue weighted by atomic mass is 10.5. The first-order valence-corrected chi connectivity index (χ1v) is 5.34. The second-order valence-corrected chi connectivity index (χ2v) is 3.82. The molecular formula is C7H8N4S2. The highest BCUT2D eigenvalue weighted by Crippen LogP contribution is 2.10. The lowest BCUT2D eigenvalue weighted by Gasteiger charge is -1.92. The van der Waals surface area contributed by atoms with E-state index in [-0.39, 0.29) is 0 Å². The van der Waals surface area contributed by atoms with Crippen LogP contribution in [-0.4, -0.2) is 25.8 Å². The van der Waals surface area contributed by atoms with E-state index >= 15 is 0 Å². The van der Waals surface area contributed by atoms with Crippen LogP contribution in [0.1, 0.15) is 5.69 Å². The number of thioether (sulfide) groups is 1. The topological polar surface area (TPSA) is 46.0 Å². The standard InChI is InChI=1S/C7H8N4S2/c1-4-3-5(12)11-6(8-4)9-7(10-11)13-2/h3H,1-2H3,(H,8,9,10). The number of nitrogens with zero attached hydrogens (tertiary/aromatic N) is 3. The summed E-state index contributed by atoms with van der Waals surface area (Å²) >= 11 is 6.68. The van der Waals surface area contributed by atoms with E-state index in [1.165, 1.54) is 11.8 Å². The molecular weight excluding hydrogens is 204 g/mol. The van der Waals surface area contributed by atoms with Gasteiger partial charge in [0, 0.05) is 5.69 Å². The molecule has 13 heavy (non-hydrogen) atoms. The van der Waals surface area contributed by atoms with Gasteiger partial charge in [0.25, 0.3) is 5.78 Å². The van der Waals surface area contributed by atoms with Gasteiger partial charge in [0.1, 0.15) is 4.64 Å². The summed E-state index contributed by atoms with van der Waals surface area (Å²) in [6, 6.07) is 1.84. The first-order valence-electron chi connectivity index (χ1n) is 3.71. The third kappa shape index (κ3) is 1.47. The Morgan fingerprint density at radius 1 is 1.54 bits per heavy atom. The zero-order valence-electron chi connectivity index (χ0n) is 7.24. The molecule has 0 aliphatic carbocycles. The van der Waals surface area contributed by atoms with E-state index in [1.807, 2.05) is 19.2 Å². The number of H-pyrrole nitrogens is 1. The van der Waals surface area contributed by atoms with E-state index < -0.39 is 0 Å². The number of aromatic nitrogens is 4. The van der Waals surface area contributed by atoms with Crippen LogP contribution in [0, 0.1) is 11.6 Å². The molecule has 4 nitrogen and oxygen atoms in total. The van der Waals surface area contributed by atoms with Gasteiger partial charge in [-0.25, -0.2) is 9.50 Å². The maximum atomic E-state index is 5.14. The van der Waals surface area contributed by atoms with Gasteiger partial charge in [0.2, 0.25) is 0 Å². The third-order valence-electron chi connectivity index (χ3n) is 1.63. The van der Waals surface area contributed by atoms with Crippen molar-refractivity contribution in [3.8, 4) is 0 Å². The quantitative estimate of drug-likeness (QED) is 0.578. The van der Waals surface area contributed by atoms with Crippen LogP contribution in [0.4, 0.5) is 0 Å². The van der Waals surface area contributed by atoms with E-state index in [2.05, 4.69) is 15.1 Å². The largest absolute Gasteiger partial charge is 0.268 e. The van der Waals surface area contributed by atoms with Crippen LogP contribution < -0.4 is 0 Å². The zero-order valence-corrected chi connectivity index (χ0v) is 8.87. The summed E-state index contributed by atoms with van der Waals surface area (Å²) in [4.78, 5) is 8.49. The SMILES string of the molecule is CSc1nc2nc(C)cc(=S)n2[nH]1. The van der Waals surface area contributed by atoms with Gasteiger partial charge in [-0.3, -0.25) is 5.10 Å². The average Bonchev–Trinajstić information content (AvgIpc) is 2.47. The fourth-order valence-corrected chi connectivity index (χ4v) is 1.72. The number of hydrogen-bond donors (Lipinski definition) is 1. The molecule has 2 rings (SSSR count). The Labute approximate surface area is 84.4 Å². The molecule has 0 atom stereocenters. The van der Waals surface area contributed by atoms with Crippen molar-refractivity contribution in [3.63, 3.8) is 0 Å². The Balaban J connectivity index is 2.83. The van der Waals surface area contributed by atoms with Crippen LogP contribution in [0.3, 0.4) is 0 Å². The lowest BCUT2D eigenvalue weighted by Crippen LogP contribution is -1.93. The Kier molecular flexibility index (Phi) is 2.09. The maximum Gasteiger partial charge on any atom is 0.252 e. The summed E-state index contributed by atoms with van der Waals surface area (Å²) in [5.74, 6) is 0.634. The zero-order chi connectivity index (χ0) is 9.42. The number of nitrogens with one attached hydrogen (secondary N) is 1. The van der Waals surface area contributed by atoms with Gasteiger partial charge in [0.15, 0.2) is 5.16 Å². The monoisotopic (exact) mass is 212 g/mol. The van der Waals surface area contributed by atoms with Crippen LogP contribution in [0.25, 0.3) is 5.78 Å². The molecule has 0 radical (unpaired) electrons. The predicted molar refractivity (Wildman–Crippen MR) is 54.7 cm³/mol. The van der Waals surface area contributed by atoms with Gasteiger partial charge >= 0.3 is 0 Å².